The van der Waals surface area contributed by atoms with Gasteiger partial charge in [-0.15, -0.1) is 0 Å². The Balaban J connectivity index is 1.83. The zero-order chi connectivity index (χ0) is 12.8. The fourth-order valence-electron chi connectivity index (χ4n) is 2.87. The molecule has 0 unspecified atom stereocenters. The van der Waals surface area contributed by atoms with Gasteiger partial charge in [0.25, 0.3) is 0 Å². The summed E-state index contributed by atoms with van der Waals surface area (Å²) in [6.45, 7) is 0.849. The highest BCUT2D eigenvalue weighted by Crippen LogP contribution is 2.37. The van der Waals surface area contributed by atoms with Gasteiger partial charge in [0.15, 0.2) is 0 Å². The van der Waals surface area contributed by atoms with Crippen LogP contribution in [-0.4, -0.2) is 16.5 Å². The molecule has 0 saturated heterocycles. The molecule has 19 heavy (non-hydrogen) atoms. The van der Waals surface area contributed by atoms with Crippen molar-refractivity contribution in [1.82, 2.24) is 9.97 Å². The standard InChI is InChI=1S/C15H12FN3/c16-11-4-5-14-10(8-11)6-7-19(14)15-12-2-1-3-13(12)17-9-18-15/h1,3-5,8-9H,2,6-7H2. The molecule has 94 valence electrons. The highest BCUT2D eigenvalue weighted by Gasteiger charge is 2.25. The lowest BCUT2D eigenvalue weighted by atomic mass is 10.1. The Kier molecular flexibility index (Phi) is 2.18. The van der Waals surface area contributed by atoms with E-state index in [0.717, 1.165) is 42.1 Å². The van der Waals surface area contributed by atoms with Gasteiger partial charge in [0, 0.05) is 17.8 Å². The van der Waals surface area contributed by atoms with Crippen molar-refractivity contribution in [1.29, 1.82) is 0 Å². The van der Waals surface area contributed by atoms with E-state index in [-0.39, 0.29) is 5.82 Å². The molecule has 1 aromatic carbocycles. The fourth-order valence-corrected chi connectivity index (χ4v) is 2.87. The minimum absolute atomic E-state index is 0.171. The zero-order valence-corrected chi connectivity index (χ0v) is 10.3. The van der Waals surface area contributed by atoms with Gasteiger partial charge in [-0.05, 0) is 42.7 Å². The largest absolute Gasteiger partial charge is 0.325 e. The maximum atomic E-state index is 13.3. The molecule has 0 spiro atoms. The molecule has 0 saturated carbocycles. The van der Waals surface area contributed by atoms with Crippen LogP contribution in [0.5, 0.6) is 0 Å². The summed E-state index contributed by atoms with van der Waals surface area (Å²) < 4.78 is 13.3. The summed E-state index contributed by atoms with van der Waals surface area (Å²) in [6, 6.07) is 4.97. The van der Waals surface area contributed by atoms with Crippen LogP contribution in [0.4, 0.5) is 15.9 Å². The number of anilines is 2. The minimum atomic E-state index is -0.171. The van der Waals surface area contributed by atoms with Gasteiger partial charge in [-0.1, -0.05) is 6.08 Å². The third-order valence-corrected chi connectivity index (χ3v) is 3.75. The number of nitrogens with zero attached hydrogens (tertiary/aromatic N) is 3. The minimum Gasteiger partial charge on any atom is -0.325 e. The Hall–Kier alpha value is -2.23. The number of fused-ring (bicyclic) bond motifs is 2. The van der Waals surface area contributed by atoms with Crippen LogP contribution in [0.2, 0.25) is 0 Å². The average Bonchev–Trinajstić information content (AvgIpc) is 3.03. The van der Waals surface area contributed by atoms with Gasteiger partial charge in [0.2, 0.25) is 0 Å². The van der Waals surface area contributed by atoms with Gasteiger partial charge < -0.3 is 4.90 Å². The van der Waals surface area contributed by atoms with Crippen molar-refractivity contribution >= 4 is 17.6 Å². The molecule has 4 heteroatoms. The van der Waals surface area contributed by atoms with E-state index in [1.54, 1.807) is 12.4 Å². The molecule has 1 aromatic heterocycles. The van der Waals surface area contributed by atoms with Crippen LogP contribution in [0.3, 0.4) is 0 Å². The monoisotopic (exact) mass is 253 g/mol. The molecule has 2 heterocycles. The molecule has 4 rings (SSSR count). The number of halogens is 1. The molecular formula is C15H12FN3. The van der Waals surface area contributed by atoms with Crippen molar-refractivity contribution < 1.29 is 4.39 Å². The number of benzene rings is 1. The second-order valence-electron chi connectivity index (χ2n) is 4.84. The van der Waals surface area contributed by atoms with E-state index in [2.05, 4.69) is 20.9 Å². The number of allylic oxidation sites excluding steroid dienone is 1. The maximum absolute atomic E-state index is 13.3. The van der Waals surface area contributed by atoms with E-state index in [1.807, 2.05) is 12.1 Å². The Labute approximate surface area is 110 Å². The molecule has 0 N–H and O–H groups in total. The van der Waals surface area contributed by atoms with Crippen LogP contribution >= 0.6 is 0 Å². The first-order chi connectivity index (χ1) is 9.33. The summed E-state index contributed by atoms with van der Waals surface area (Å²) in [4.78, 5) is 10.9. The SMILES string of the molecule is Fc1ccc2c(c1)CCN2c1ncnc2c1CC=C2. The Bertz CT molecular complexity index is 694. The van der Waals surface area contributed by atoms with Crippen molar-refractivity contribution in [3.63, 3.8) is 0 Å². The predicted molar refractivity (Wildman–Crippen MR) is 71.9 cm³/mol. The van der Waals surface area contributed by atoms with Crippen LogP contribution < -0.4 is 4.90 Å². The van der Waals surface area contributed by atoms with Gasteiger partial charge in [-0.25, -0.2) is 14.4 Å². The molecule has 3 nitrogen and oxygen atoms in total. The predicted octanol–water partition coefficient (Wildman–Crippen LogP) is 2.88. The molecule has 0 bridgehead atoms. The number of hydrogen-bond donors (Lipinski definition) is 0. The molecule has 0 radical (unpaired) electrons. The summed E-state index contributed by atoms with van der Waals surface area (Å²) >= 11 is 0. The Morgan fingerprint density at radius 2 is 2.16 bits per heavy atom. The lowest BCUT2D eigenvalue weighted by Crippen LogP contribution is -2.17. The molecule has 0 amide bonds. The zero-order valence-electron chi connectivity index (χ0n) is 10.3. The van der Waals surface area contributed by atoms with Gasteiger partial charge in [-0.2, -0.15) is 0 Å². The molecule has 1 aliphatic carbocycles. The van der Waals surface area contributed by atoms with Gasteiger partial charge in [0.1, 0.15) is 18.0 Å². The third kappa shape index (κ3) is 1.56. The summed E-state index contributed by atoms with van der Waals surface area (Å²) in [6.07, 6.45) is 7.47. The van der Waals surface area contributed by atoms with Crippen molar-refractivity contribution in [2.45, 2.75) is 12.8 Å². The summed E-state index contributed by atoms with van der Waals surface area (Å²) in [5.41, 5.74) is 4.28. The molecule has 0 atom stereocenters. The van der Waals surface area contributed by atoms with Gasteiger partial charge in [-0.3, -0.25) is 0 Å². The van der Waals surface area contributed by atoms with E-state index in [9.17, 15) is 4.39 Å². The Morgan fingerprint density at radius 1 is 1.21 bits per heavy atom. The Morgan fingerprint density at radius 3 is 3.11 bits per heavy atom. The fraction of sp³-hybridized carbons (Fsp3) is 0.200. The molecule has 0 fully saturated rings. The second-order valence-corrected chi connectivity index (χ2v) is 4.84. The molecule has 2 aromatic rings. The van der Waals surface area contributed by atoms with Crippen LogP contribution in [-0.2, 0) is 12.8 Å². The van der Waals surface area contributed by atoms with Crippen molar-refractivity contribution in [3.05, 3.63) is 53.2 Å². The van der Waals surface area contributed by atoms with E-state index in [4.69, 9.17) is 0 Å². The number of hydrogen-bond acceptors (Lipinski definition) is 3. The van der Waals surface area contributed by atoms with Gasteiger partial charge >= 0.3 is 0 Å². The smallest absolute Gasteiger partial charge is 0.140 e. The quantitative estimate of drug-likeness (QED) is 0.782. The highest BCUT2D eigenvalue weighted by atomic mass is 19.1. The third-order valence-electron chi connectivity index (χ3n) is 3.75. The average molecular weight is 253 g/mol. The first-order valence-electron chi connectivity index (χ1n) is 6.39. The molecule has 1 aliphatic heterocycles. The lowest BCUT2D eigenvalue weighted by Gasteiger charge is -2.20. The van der Waals surface area contributed by atoms with Crippen molar-refractivity contribution in [3.8, 4) is 0 Å². The van der Waals surface area contributed by atoms with E-state index in [1.165, 1.54) is 11.6 Å². The van der Waals surface area contributed by atoms with Crippen LogP contribution in [0.15, 0.2) is 30.6 Å². The summed E-state index contributed by atoms with van der Waals surface area (Å²) in [5.74, 6) is 0.788. The maximum Gasteiger partial charge on any atom is 0.140 e. The second kappa shape index (κ2) is 3.88. The molecule has 2 aliphatic rings. The summed E-state index contributed by atoms with van der Waals surface area (Å²) in [5, 5.41) is 0. The first-order valence-corrected chi connectivity index (χ1v) is 6.39. The van der Waals surface area contributed by atoms with Gasteiger partial charge in [0.05, 0.1) is 5.69 Å². The van der Waals surface area contributed by atoms with Crippen LogP contribution in [0.25, 0.3) is 6.08 Å². The number of rotatable bonds is 1. The van der Waals surface area contributed by atoms with E-state index in [0.29, 0.717) is 0 Å². The van der Waals surface area contributed by atoms with Crippen molar-refractivity contribution in [2.75, 3.05) is 11.4 Å². The lowest BCUT2D eigenvalue weighted by molar-refractivity contribution is 0.626. The van der Waals surface area contributed by atoms with Crippen LogP contribution in [0.1, 0.15) is 16.8 Å². The van der Waals surface area contributed by atoms with E-state index < -0.39 is 0 Å². The topological polar surface area (TPSA) is 29.0 Å². The van der Waals surface area contributed by atoms with Crippen molar-refractivity contribution in [2.24, 2.45) is 0 Å². The normalized spacial score (nSPS) is 15.7. The number of aromatic nitrogens is 2. The molecular weight excluding hydrogens is 241 g/mol. The highest BCUT2D eigenvalue weighted by molar-refractivity contribution is 5.73. The first kappa shape index (κ1) is 10.7. The van der Waals surface area contributed by atoms with E-state index >= 15 is 0 Å². The summed E-state index contributed by atoms with van der Waals surface area (Å²) in [7, 11) is 0. The van der Waals surface area contributed by atoms with Crippen LogP contribution in [0, 0.1) is 5.82 Å².